The molecule has 0 radical (unpaired) electrons. The van der Waals surface area contributed by atoms with Crippen LogP contribution in [-0.4, -0.2) is 33.2 Å². The Balaban J connectivity index is 1.88. The Morgan fingerprint density at radius 3 is 2.40 bits per heavy atom. The molecule has 3 nitrogen and oxygen atoms in total. The molecule has 1 aliphatic heterocycles. The average molecular weight is 293 g/mol. The lowest BCUT2D eigenvalue weighted by molar-refractivity contribution is -0.896. The molecule has 20 heavy (non-hydrogen) atoms. The Morgan fingerprint density at radius 2 is 1.85 bits per heavy atom. The molecule has 5 atom stereocenters. The van der Waals surface area contributed by atoms with Crippen LogP contribution in [0.4, 0.5) is 0 Å². The average Bonchev–Trinajstić information content (AvgIpc) is 3.18. The molecule has 0 N–H and O–H groups in total. The Bertz CT molecular complexity index is 522. The van der Waals surface area contributed by atoms with E-state index in [1.165, 1.54) is 5.56 Å². The van der Waals surface area contributed by atoms with E-state index in [4.69, 9.17) is 0 Å². The van der Waals surface area contributed by atoms with Crippen molar-refractivity contribution in [2.45, 2.75) is 55.3 Å². The molecule has 0 bridgehead atoms. The van der Waals surface area contributed by atoms with Gasteiger partial charge >= 0.3 is 0 Å². The maximum atomic E-state index is 12.9. The molecule has 2 aliphatic rings. The molecule has 1 unspecified atom stereocenters. The van der Waals surface area contributed by atoms with Gasteiger partial charge in [-0.3, -0.25) is 4.21 Å². The van der Waals surface area contributed by atoms with E-state index >= 15 is 0 Å². The van der Waals surface area contributed by atoms with Crippen LogP contribution in [0.5, 0.6) is 0 Å². The molecule has 110 valence electrons. The van der Waals surface area contributed by atoms with E-state index in [0.717, 1.165) is 24.2 Å². The zero-order valence-corrected chi connectivity index (χ0v) is 13.2. The van der Waals surface area contributed by atoms with Crippen LogP contribution in [0.2, 0.25) is 0 Å². The van der Waals surface area contributed by atoms with Crippen molar-refractivity contribution < 1.29 is 8.86 Å². The summed E-state index contributed by atoms with van der Waals surface area (Å²) in [4.78, 5) is 0.875. The largest absolute Gasteiger partial charge is 0.633 e. The summed E-state index contributed by atoms with van der Waals surface area (Å²) < 4.78 is 12.7. The SMILES string of the molecule is Cc1ccc(S(=O)[C@H]2C[C@H](C)[N@+](C)([O-])[C@H]2C2CC2)cc1. The fourth-order valence-corrected chi connectivity index (χ4v) is 5.45. The Hall–Kier alpha value is -0.710. The molecule has 3 rings (SSSR count). The van der Waals surface area contributed by atoms with Gasteiger partial charge in [-0.25, -0.2) is 0 Å². The number of hydroxylamine groups is 3. The fraction of sp³-hybridized carbons (Fsp3) is 0.625. The summed E-state index contributed by atoms with van der Waals surface area (Å²) >= 11 is 0. The number of likely N-dealkylation sites (tertiary alicyclic amines) is 1. The predicted molar refractivity (Wildman–Crippen MR) is 81.5 cm³/mol. The van der Waals surface area contributed by atoms with Gasteiger partial charge in [0, 0.05) is 17.2 Å². The van der Waals surface area contributed by atoms with Gasteiger partial charge in [-0.1, -0.05) is 17.7 Å². The first-order valence-electron chi connectivity index (χ1n) is 7.45. The van der Waals surface area contributed by atoms with Gasteiger partial charge in [0.05, 0.1) is 29.1 Å². The van der Waals surface area contributed by atoms with E-state index in [2.05, 4.69) is 0 Å². The number of benzene rings is 1. The van der Waals surface area contributed by atoms with E-state index < -0.39 is 10.8 Å². The van der Waals surface area contributed by atoms with Crippen LogP contribution in [0.15, 0.2) is 29.2 Å². The summed E-state index contributed by atoms with van der Waals surface area (Å²) in [5.41, 5.74) is 1.17. The molecule has 1 aliphatic carbocycles. The summed E-state index contributed by atoms with van der Waals surface area (Å²) in [6.45, 7) is 4.04. The maximum absolute atomic E-state index is 12.9. The molecule has 4 heteroatoms. The zero-order chi connectivity index (χ0) is 14.5. The summed E-state index contributed by atoms with van der Waals surface area (Å²) in [7, 11) is 0.717. The molecular formula is C16H23NO2S. The molecule has 1 aromatic carbocycles. The van der Waals surface area contributed by atoms with E-state index in [0.29, 0.717) is 5.92 Å². The second-order valence-corrected chi connectivity index (χ2v) is 8.29. The molecular weight excluding hydrogens is 270 g/mol. The van der Waals surface area contributed by atoms with Crippen molar-refractivity contribution in [3.63, 3.8) is 0 Å². The second-order valence-electron chi connectivity index (χ2n) is 6.62. The van der Waals surface area contributed by atoms with Gasteiger partial charge in [0.15, 0.2) is 0 Å². The van der Waals surface area contributed by atoms with E-state index in [9.17, 15) is 9.42 Å². The number of rotatable bonds is 3. The minimum absolute atomic E-state index is 0.0164. The summed E-state index contributed by atoms with van der Waals surface area (Å²) in [6, 6.07) is 7.99. The second kappa shape index (κ2) is 4.93. The van der Waals surface area contributed by atoms with Crippen molar-refractivity contribution in [3.05, 3.63) is 35.0 Å². The number of aryl methyl sites for hydroxylation is 1. The lowest BCUT2D eigenvalue weighted by atomic mass is 10.1. The highest BCUT2D eigenvalue weighted by molar-refractivity contribution is 7.85. The molecule has 0 spiro atoms. The zero-order valence-electron chi connectivity index (χ0n) is 12.4. The van der Waals surface area contributed by atoms with Crippen molar-refractivity contribution in [2.75, 3.05) is 7.05 Å². The molecule has 0 aromatic heterocycles. The van der Waals surface area contributed by atoms with Gasteiger partial charge < -0.3 is 9.85 Å². The normalized spacial score (nSPS) is 38.9. The first kappa shape index (κ1) is 14.2. The summed E-state index contributed by atoms with van der Waals surface area (Å²) in [5, 5.41) is 12.9. The maximum Gasteiger partial charge on any atom is 0.107 e. The standard InChI is InChI=1S/C16H23NO2S/c1-11-4-8-14(9-5-11)20(19)15-10-12(2)17(3,18)16(15)13-6-7-13/h4-5,8-9,12-13,15-16H,6-7,10H2,1-3H3/t12-,15-,16-,17-,20?/m0/s1. The van der Waals surface area contributed by atoms with Crippen LogP contribution >= 0.6 is 0 Å². The van der Waals surface area contributed by atoms with Crippen LogP contribution < -0.4 is 0 Å². The van der Waals surface area contributed by atoms with Crippen LogP contribution in [0.25, 0.3) is 0 Å². The number of hydrogen-bond donors (Lipinski definition) is 0. The lowest BCUT2D eigenvalue weighted by Crippen LogP contribution is -2.51. The monoisotopic (exact) mass is 293 g/mol. The highest BCUT2D eigenvalue weighted by Crippen LogP contribution is 2.47. The van der Waals surface area contributed by atoms with Gasteiger partial charge in [-0.15, -0.1) is 0 Å². The van der Waals surface area contributed by atoms with Crippen LogP contribution in [0.1, 0.15) is 31.7 Å². The van der Waals surface area contributed by atoms with Crippen molar-refractivity contribution >= 4 is 10.8 Å². The molecule has 1 saturated heterocycles. The number of nitrogens with zero attached hydrogens (tertiary/aromatic N) is 1. The molecule has 0 amide bonds. The smallest absolute Gasteiger partial charge is 0.107 e. The Labute approximate surface area is 123 Å². The molecule has 1 heterocycles. The highest BCUT2D eigenvalue weighted by atomic mass is 32.2. The van der Waals surface area contributed by atoms with Gasteiger partial charge in [-0.2, -0.15) is 0 Å². The number of quaternary nitrogens is 1. The van der Waals surface area contributed by atoms with Crippen molar-refractivity contribution in [1.82, 2.24) is 0 Å². The van der Waals surface area contributed by atoms with Gasteiger partial charge in [0.2, 0.25) is 0 Å². The minimum Gasteiger partial charge on any atom is -0.633 e. The topological polar surface area (TPSA) is 40.1 Å². The van der Waals surface area contributed by atoms with Gasteiger partial charge in [0.1, 0.15) is 6.04 Å². The van der Waals surface area contributed by atoms with E-state index in [1.807, 2.05) is 38.1 Å². The van der Waals surface area contributed by atoms with Crippen LogP contribution in [0.3, 0.4) is 0 Å². The third-order valence-electron chi connectivity index (χ3n) is 5.05. The summed E-state index contributed by atoms with van der Waals surface area (Å²) in [5.74, 6) is 0.488. The molecule has 1 saturated carbocycles. The third kappa shape index (κ3) is 2.34. The predicted octanol–water partition coefficient (Wildman–Crippen LogP) is 2.99. The van der Waals surface area contributed by atoms with Gasteiger partial charge in [0.25, 0.3) is 0 Å². The third-order valence-corrected chi connectivity index (χ3v) is 6.81. The first-order chi connectivity index (χ1) is 9.41. The van der Waals surface area contributed by atoms with Crippen LogP contribution in [-0.2, 0) is 10.8 Å². The van der Waals surface area contributed by atoms with Crippen LogP contribution in [0, 0.1) is 18.0 Å². The fourth-order valence-electron chi connectivity index (χ4n) is 3.53. The molecule has 2 fully saturated rings. The Kier molecular flexibility index (Phi) is 3.51. The van der Waals surface area contributed by atoms with Crippen molar-refractivity contribution in [1.29, 1.82) is 0 Å². The van der Waals surface area contributed by atoms with Crippen molar-refractivity contribution in [3.8, 4) is 0 Å². The highest BCUT2D eigenvalue weighted by Gasteiger charge is 2.54. The number of hydrogen-bond acceptors (Lipinski definition) is 2. The quantitative estimate of drug-likeness (QED) is 0.635. The minimum atomic E-state index is -1.06. The molecule has 1 aromatic rings. The Morgan fingerprint density at radius 1 is 1.25 bits per heavy atom. The summed E-state index contributed by atoms with van der Waals surface area (Å²) in [6.07, 6.45) is 3.05. The van der Waals surface area contributed by atoms with E-state index in [1.54, 1.807) is 7.05 Å². The van der Waals surface area contributed by atoms with Crippen molar-refractivity contribution in [2.24, 2.45) is 5.92 Å². The lowest BCUT2D eigenvalue weighted by Gasteiger charge is -2.45. The van der Waals surface area contributed by atoms with E-state index in [-0.39, 0.29) is 22.0 Å². The van der Waals surface area contributed by atoms with Gasteiger partial charge in [-0.05, 0) is 38.8 Å². The first-order valence-corrected chi connectivity index (χ1v) is 8.66.